The van der Waals surface area contributed by atoms with E-state index in [1.807, 2.05) is 6.92 Å². The van der Waals surface area contributed by atoms with Gasteiger partial charge in [-0.1, -0.05) is 13.3 Å². The molecular weight excluding hydrogens is 145 g/mol. The second-order valence-electron chi connectivity index (χ2n) is 1.97. The van der Waals surface area contributed by atoms with Crippen molar-refractivity contribution in [2.75, 3.05) is 13.3 Å². The van der Waals surface area contributed by atoms with Gasteiger partial charge in [0.25, 0.3) is 0 Å². The van der Waals surface area contributed by atoms with Crippen molar-refractivity contribution < 1.29 is 17.9 Å². The maximum Gasteiger partial charge on any atom is 0.384 e. The zero-order valence-electron chi connectivity index (χ0n) is 5.87. The molecule has 0 amide bonds. The number of alkyl halides is 3. The van der Waals surface area contributed by atoms with Crippen LogP contribution >= 0.6 is 0 Å². The molecule has 4 heteroatoms. The third-order valence-electron chi connectivity index (χ3n) is 0.967. The van der Waals surface area contributed by atoms with Crippen LogP contribution in [0.2, 0.25) is 0 Å². The quantitative estimate of drug-likeness (QED) is 0.555. The smallest absolute Gasteiger partial charge is 0.318 e. The van der Waals surface area contributed by atoms with Gasteiger partial charge in [-0.05, 0) is 6.42 Å². The van der Waals surface area contributed by atoms with E-state index in [1.165, 1.54) is 0 Å². The minimum atomic E-state index is -3.57. The van der Waals surface area contributed by atoms with Crippen LogP contribution in [0.4, 0.5) is 13.2 Å². The Morgan fingerprint density at radius 2 is 2.00 bits per heavy atom. The van der Waals surface area contributed by atoms with E-state index in [0.29, 0.717) is 6.42 Å². The Bertz CT molecular complexity index is 85.1. The Morgan fingerprint density at radius 3 is 2.40 bits per heavy atom. The molecule has 0 aromatic rings. The molecule has 0 fully saturated rings. The van der Waals surface area contributed by atoms with Crippen molar-refractivity contribution in [3.63, 3.8) is 0 Å². The molecule has 0 aromatic carbocycles. The van der Waals surface area contributed by atoms with Crippen LogP contribution in [0, 0.1) is 0 Å². The van der Waals surface area contributed by atoms with Crippen molar-refractivity contribution in [2.24, 2.45) is 0 Å². The fourth-order valence-corrected chi connectivity index (χ4v) is 0.404. The van der Waals surface area contributed by atoms with Crippen molar-refractivity contribution in [2.45, 2.75) is 25.9 Å². The Balaban J connectivity index is 3.28. The molecule has 0 unspecified atom stereocenters. The van der Waals surface area contributed by atoms with E-state index < -0.39 is 12.8 Å². The first-order chi connectivity index (χ1) is 4.62. The van der Waals surface area contributed by atoms with E-state index in [4.69, 9.17) is 0 Å². The summed E-state index contributed by atoms with van der Waals surface area (Å²) in [6.45, 7) is 0.0289. The SMILES string of the molecule is CCCCOC(F)(F)CF. The molecular formula is C6H11F3O. The molecule has 0 aliphatic carbocycles. The fraction of sp³-hybridized carbons (Fsp3) is 1.00. The highest BCUT2D eigenvalue weighted by Crippen LogP contribution is 2.15. The van der Waals surface area contributed by atoms with Gasteiger partial charge in [0.05, 0.1) is 6.61 Å². The van der Waals surface area contributed by atoms with Crippen LogP contribution in [0.1, 0.15) is 19.8 Å². The van der Waals surface area contributed by atoms with E-state index >= 15 is 0 Å². The van der Waals surface area contributed by atoms with Crippen LogP contribution in [-0.2, 0) is 4.74 Å². The molecule has 0 radical (unpaired) electrons. The van der Waals surface area contributed by atoms with Gasteiger partial charge in [0.2, 0.25) is 0 Å². The lowest BCUT2D eigenvalue weighted by molar-refractivity contribution is -0.246. The van der Waals surface area contributed by atoms with Gasteiger partial charge in [-0.15, -0.1) is 0 Å². The summed E-state index contributed by atoms with van der Waals surface area (Å²) < 4.78 is 39.0. The number of hydrogen-bond acceptors (Lipinski definition) is 1. The third-order valence-corrected chi connectivity index (χ3v) is 0.967. The van der Waals surface area contributed by atoms with Crippen molar-refractivity contribution in [1.29, 1.82) is 0 Å². The van der Waals surface area contributed by atoms with Gasteiger partial charge < -0.3 is 4.74 Å². The molecule has 10 heavy (non-hydrogen) atoms. The summed E-state index contributed by atoms with van der Waals surface area (Å²) in [6, 6.07) is 0. The first kappa shape index (κ1) is 9.75. The highest BCUT2D eigenvalue weighted by Gasteiger charge is 2.29. The standard InChI is InChI=1S/C6H11F3O/c1-2-3-4-10-6(8,9)5-7/h2-5H2,1H3. The van der Waals surface area contributed by atoms with E-state index in [0.717, 1.165) is 6.42 Å². The second-order valence-corrected chi connectivity index (χ2v) is 1.97. The number of rotatable bonds is 5. The van der Waals surface area contributed by atoms with E-state index in [2.05, 4.69) is 4.74 Å². The summed E-state index contributed by atoms with van der Waals surface area (Å²) >= 11 is 0. The summed E-state index contributed by atoms with van der Waals surface area (Å²) in [5, 5.41) is 0. The van der Waals surface area contributed by atoms with Crippen LogP contribution in [0.15, 0.2) is 0 Å². The predicted octanol–water partition coefficient (Wildman–Crippen LogP) is 2.37. The molecule has 0 aromatic heterocycles. The van der Waals surface area contributed by atoms with Crippen LogP contribution < -0.4 is 0 Å². The average molecular weight is 156 g/mol. The van der Waals surface area contributed by atoms with Crippen LogP contribution in [0.3, 0.4) is 0 Å². The fourth-order valence-electron chi connectivity index (χ4n) is 0.404. The Labute approximate surface area is 58.2 Å². The zero-order chi connectivity index (χ0) is 8.04. The molecule has 0 rings (SSSR count). The number of ether oxygens (including phenoxy) is 1. The van der Waals surface area contributed by atoms with Crippen molar-refractivity contribution >= 4 is 0 Å². The maximum atomic E-state index is 11.9. The van der Waals surface area contributed by atoms with E-state index in [-0.39, 0.29) is 6.61 Å². The van der Waals surface area contributed by atoms with Gasteiger partial charge in [0.1, 0.15) is 0 Å². The predicted molar refractivity (Wildman–Crippen MR) is 31.8 cm³/mol. The summed E-state index contributed by atoms with van der Waals surface area (Å²) in [6.07, 6.45) is -2.27. The molecule has 0 heterocycles. The topological polar surface area (TPSA) is 9.23 Å². The average Bonchev–Trinajstić information content (AvgIpc) is 1.89. The Hall–Kier alpha value is -0.250. The highest BCUT2D eigenvalue weighted by molar-refractivity contribution is 4.47. The number of unbranched alkanes of at least 4 members (excludes halogenated alkanes) is 1. The summed E-state index contributed by atoms with van der Waals surface area (Å²) in [4.78, 5) is 0. The molecule has 0 spiro atoms. The van der Waals surface area contributed by atoms with Crippen molar-refractivity contribution in [1.82, 2.24) is 0 Å². The molecule has 0 aliphatic heterocycles. The van der Waals surface area contributed by atoms with Crippen LogP contribution in [-0.4, -0.2) is 19.4 Å². The van der Waals surface area contributed by atoms with Gasteiger partial charge in [-0.3, -0.25) is 0 Å². The molecule has 0 atom stereocenters. The highest BCUT2D eigenvalue weighted by atomic mass is 19.3. The van der Waals surface area contributed by atoms with Gasteiger partial charge in [-0.25, -0.2) is 4.39 Å². The largest absolute Gasteiger partial charge is 0.384 e. The Morgan fingerprint density at radius 1 is 1.40 bits per heavy atom. The third kappa shape index (κ3) is 4.61. The first-order valence-corrected chi connectivity index (χ1v) is 3.20. The van der Waals surface area contributed by atoms with Crippen molar-refractivity contribution in [3.05, 3.63) is 0 Å². The molecule has 0 saturated heterocycles. The number of hydrogen-bond donors (Lipinski definition) is 0. The second kappa shape index (κ2) is 4.55. The van der Waals surface area contributed by atoms with Crippen molar-refractivity contribution in [3.8, 4) is 0 Å². The molecule has 62 valence electrons. The lowest BCUT2D eigenvalue weighted by Gasteiger charge is -2.11. The van der Waals surface area contributed by atoms with Crippen LogP contribution in [0.5, 0.6) is 0 Å². The summed E-state index contributed by atoms with van der Waals surface area (Å²) in [7, 11) is 0. The zero-order valence-corrected chi connectivity index (χ0v) is 5.87. The maximum absolute atomic E-state index is 11.9. The van der Waals surface area contributed by atoms with E-state index in [1.54, 1.807) is 0 Å². The minimum Gasteiger partial charge on any atom is -0.318 e. The Kier molecular flexibility index (Phi) is 4.43. The van der Waals surface area contributed by atoms with Gasteiger partial charge in [0.15, 0.2) is 6.67 Å². The lowest BCUT2D eigenvalue weighted by Crippen LogP contribution is -2.23. The normalized spacial score (nSPS) is 12.0. The molecule has 0 saturated carbocycles. The monoisotopic (exact) mass is 156 g/mol. The first-order valence-electron chi connectivity index (χ1n) is 3.20. The van der Waals surface area contributed by atoms with Gasteiger partial charge >= 0.3 is 6.11 Å². The minimum absolute atomic E-state index is 0.0760. The number of halogens is 3. The molecule has 0 N–H and O–H groups in total. The lowest BCUT2D eigenvalue weighted by atomic mass is 10.4. The van der Waals surface area contributed by atoms with Gasteiger partial charge in [-0.2, -0.15) is 8.78 Å². The van der Waals surface area contributed by atoms with E-state index in [9.17, 15) is 13.2 Å². The molecule has 0 bridgehead atoms. The summed E-state index contributed by atoms with van der Waals surface area (Å²) in [5.41, 5.74) is 0. The molecule has 0 aliphatic rings. The summed E-state index contributed by atoms with van der Waals surface area (Å²) in [5.74, 6) is 0. The van der Waals surface area contributed by atoms with Gasteiger partial charge in [0, 0.05) is 0 Å². The molecule has 1 nitrogen and oxygen atoms in total. The van der Waals surface area contributed by atoms with Crippen LogP contribution in [0.25, 0.3) is 0 Å².